The lowest BCUT2D eigenvalue weighted by molar-refractivity contribution is 0.0998. The second-order valence-corrected chi connectivity index (χ2v) is 6.28. The van der Waals surface area contributed by atoms with Gasteiger partial charge < -0.3 is 4.57 Å². The van der Waals surface area contributed by atoms with Crippen molar-refractivity contribution in [2.75, 3.05) is 0 Å². The first-order chi connectivity index (χ1) is 11.2. The van der Waals surface area contributed by atoms with E-state index < -0.39 is 0 Å². The molecule has 0 radical (unpaired) electrons. The Morgan fingerprint density at radius 3 is 2.26 bits per heavy atom. The third-order valence-electron chi connectivity index (χ3n) is 3.69. The largest absolute Gasteiger partial charge is 0.319 e. The molecule has 0 bridgehead atoms. The number of carbonyl (C=O) groups excluding carboxylic acids is 1. The zero-order valence-electron chi connectivity index (χ0n) is 13.2. The van der Waals surface area contributed by atoms with E-state index in [4.69, 9.17) is 0 Å². The highest BCUT2D eigenvalue weighted by Gasteiger charge is 2.13. The van der Waals surface area contributed by atoms with Crippen LogP contribution in [0.15, 0.2) is 65.7 Å². The third-order valence-corrected chi connectivity index (χ3v) is 4.96. The molecule has 116 valence electrons. The smallest absolute Gasteiger partial charge is 0.279 e. The van der Waals surface area contributed by atoms with Gasteiger partial charge in [0.1, 0.15) is 0 Å². The molecule has 0 aliphatic heterocycles. The van der Waals surface area contributed by atoms with E-state index in [0.717, 1.165) is 22.5 Å². The summed E-state index contributed by atoms with van der Waals surface area (Å²) in [5, 5.41) is 0. The standard InChI is InChI=1S/C19H18N2OS/c1-3-16-17(14-10-6-4-7-11-14)21(2)19(23-16)20-18(22)15-12-8-5-9-13-15/h4-13H,3H2,1-2H3. The maximum atomic E-state index is 12.3. The van der Waals surface area contributed by atoms with E-state index in [1.165, 1.54) is 4.88 Å². The zero-order valence-corrected chi connectivity index (χ0v) is 14.0. The Bertz CT molecular complexity index is 877. The second-order valence-electron chi connectivity index (χ2n) is 5.22. The van der Waals surface area contributed by atoms with Crippen molar-refractivity contribution in [3.63, 3.8) is 0 Å². The predicted octanol–water partition coefficient (Wildman–Crippen LogP) is 4.06. The number of hydrogen-bond donors (Lipinski definition) is 0. The van der Waals surface area contributed by atoms with E-state index in [2.05, 4.69) is 24.0 Å². The van der Waals surface area contributed by atoms with Gasteiger partial charge in [-0.2, -0.15) is 4.99 Å². The van der Waals surface area contributed by atoms with Crippen molar-refractivity contribution in [2.24, 2.45) is 12.0 Å². The molecule has 0 N–H and O–H groups in total. The molecule has 3 rings (SSSR count). The van der Waals surface area contributed by atoms with Crippen molar-refractivity contribution in [1.82, 2.24) is 4.57 Å². The van der Waals surface area contributed by atoms with Crippen LogP contribution in [0.5, 0.6) is 0 Å². The summed E-state index contributed by atoms with van der Waals surface area (Å²) >= 11 is 1.58. The Morgan fingerprint density at radius 2 is 1.65 bits per heavy atom. The summed E-state index contributed by atoms with van der Waals surface area (Å²) in [4.78, 5) is 18.6. The minimum absolute atomic E-state index is 0.204. The van der Waals surface area contributed by atoms with E-state index in [1.807, 2.05) is 48.0 Å². The highest BCUT2D eigenvalue weighted by Crippen LogP contribution is 2.25. The maximum Gasteiger partial charge on any atom is 0.279 e. The lowest BCUT2D eigenvalue weighted by Gasteiger charge is -2.05. The number of thiazole rings is 1. The Morgan fingerprint density at radius 1 is 1.04 bits per heavy atom. The molecule has 0 unspecified atom stereocenters. The van der Waals surface area contributed by atoms with Crippen molar-refractivity contribution in [2.45, 2.75) is 13.3 Å². The Kier molecular flexibility index (Phi) is 4.53. The molecule has 1 aromatic heterocycles. The first-order valence-corrected chi connectivity index (χ1v) is 8.40. The van der Waals surface area contributed by atoms with Crippen molar-refractivity contribution in [3.05, 3.63) is 75.9 Å². The van der Waals surface area contributed by atoms with Gasteiger partial charge in [0.25, 0.3) is 5.91 Å². The maximum absolute atomic E-state index is 12.3. The molecule has 0 spiro atoms. The minimum Gasteiger partial charge on any atom is -0.319 e. The molecule has 0 fully saturated rings. The Balaban J connectivity index is 2.10. The molecule has 0 aliphatic carbocycles. The molecule has 0 saturated carbocycles. The highest BCUT2D eigenvalue weighted by molar-refractivity contribution is 7.09. The van der Waals surface area contributed by atoms with Crippen LogP contribution in [-0.4, -0.2) is 10.5 Å². The van der Waals surface area contributed by atoms with Gasteiger partial charge in [0.2, 0.25) is 0 Å². The van der Waals surface area contributed by atoms with Crippen LogP contribution in [0.25, 0.3) is 11.3 Å². The van der Waals surface area contributed by atoms with Crippen molar-refractivity contribution < 1.29 is 4.79 Å². The molecule has 3 aromatic rings. The van der Waals surface area contributed by atoms with Crippen LogP contribution < -0.4 is 4.80 Å². The van der Waals surface area contributed by atoms with E-state index >= 15 is 0 Å². The fourth-order valence-electron chi connectivity index (χ4n) is 2.53. The molecule has 1 heterocycles. The summed E-state index contributed by atoms with van der Waals surface area (Å²) < 4.78 is 2.01. The van der Waals surface area contributed by atoms with Crippen LogP contribution in [0, 0.1) is 0 Å². The molecule has 4 heteroatoms. The molecule has 0 aliphatic rings. The number of amides is 1. The van der Waals surface area contributed by atoms with Gasteiger partial charge >= 0.3 is 0 Å². The van der Waals surface area contributed by atoms with E-state index in [-0.39, 0.29) is 5.91 Å². The van der Waals surface area contributed by atoms with Gasteiger partial charge in [-0.25, -0.2) is 0 Å². The van der Waals surface area contributed by atoms with Gasteiger partial charge in [-0.05, 0) is 24.1 Å². The highest BCUT2D eigenvalue weighted by atomic mass is 32.1. The molecule has 0 atom stereocenters. The summed E-state index contributed by atoms with van der Waals surface area (Å²) in [6.07, 6.45) is 0.914. The molecular formula is C19H18N2OS. The Hall–Kier alpha value is -2.46. The van der Waals surface area contributed by atoms with Gasteiger partial charge in [-0.15, -0.1) is 11.3 Å². The van der Waals surface area contributed by atoms with Crippen LogP contribution >= 0.6 is 11.3 Å². The number of rotatable bonds is 3. The molecule has 23 heavy (non-hydrogen) atoms. The van der Waals surface area contributed by atoms with Gasteiger partial charge in [0.15, 0.2) is 4.80 Å². The minimum atomic E-state index is -0.204. The quantitative estimate of drug-likeness (QED) is 0.716. The Labute approximate surface area is 139 Å². The van der Waals surface area contributed by atoms with Gasteiger partial charge in [0, 0.05) is 17.5 Å². The summed E-state index contributed by atoms with van der Waals surface area (Å²) in [7, 11) is 1.97. The summed E-state index contributed by atoms with van der Waals surface area (Å²) in [6.45, 7) is 2.13. The summed E-state index contributed by atoms with van der Waals surface area (Å²) in [5.41, 5.74) is 2.90. The topological polar surface area (TPSA) is 34.4 Å². The number of carbonyl (C=O) groups is 1. The van der Waals surface area contributed by atoms with E-state index in [9.17, 15) is 4.79 Å². The van der Waals surface area contributed by atoms with Crippen molar-refractivity contribution in [1.29, 1.82) is 0 Å². The van der Waals surface area contributed by atoms with Gasteiger partial charge in [0.05, 0.1) is 5.69 Å². The zero-order chi connectivity index (χ0) is 16.2. The lowest BCUT2D eigenvalue weighted by Crippen LogP contribution is -2.14. The average molecular weight is 322 g/mol. The summed E-state index contributed by atoms with van der Waals surface area (Å²) in [6, 6.07) is 19.4. The predicted molar refractivity (Wildman–Crippen MR) is 94.4 cm³/mol. The van der Waals surface area contributed by atoms with Gasteiger partial charge in [-0.1, -0.05) is 55.5 Å². The van der Waals surface area contributed by atoms with Crippen LogP contribution in [-0.2, 0) is 13.5 Å². The van der Waals surface area contributed by atoms with Crippen molar-refractivity contribution in [3.8, 4) is 11.3 Å². The van der Waals surface area contributed by atoms with Crippen LogP contribution in [0.3, 0.4) is 0 Å². The van der Waals surface area contributed by atoms with E-state index in [1.54, 1.807) is 23.5 Å². The fraction of sp³-hybridized carbons (Fsp3) is 0.158. The molecular weight excluding hydrogens is 304 g/mol. The monoisotopic (exact) mass is 322 g/mol. The number of aromatic nitrogens is 1. The number of aryl methyl sites for hydroxylation is 1. The lowest BCUT2D eigenvalue weighted by atomic mass is 10.1. The first-order valence-electron chi connectivity index (χ1n) is 7.59. The SMILES string of the molecule is CCc1sc(=NC(=O)c2ccccc2)n(C)c1-c1ccccc1. The second kappa shape index (κ2) is 6.75. The van der Waals surface area contributed by atoms with Gasteiger partial charge in [-0.3, -0.25) is 4.79 Å². The third kappa shape index (κ3) is 3.17. The molecule has 0 saturated heterocycles. The van der Waals surface area contributed by atoms with Crippen molar-refractivity contribution >= 4 is 17.2 Å². The molecule has 3 nitrogen and oxygen atoms in total. The average Bonchev–Trinajstić information content (AvgIpc) is 2.92. The normalized spacial score (nSPS) is 11.7. The van der Waals surface area contributed by atoms with Crippen LogP contribution in [0.4, 0.5) is 0 Å². The molecule has 1 amide bonds. The number of benzene rings is 2. The number of nitrogens with zero attached hydrogens (tertiary/aromatic N) is 2. The summed E-state index contributed by atoms with van der Waals surface area (Å²) in [5.74, 6) is -0.204. The first kappa shape index (κ1) is 15.4. The van der Waals surface area contributed by atoms with E-state index in [0.29, 0.717) is 5.56 Å². The van der Waals surface area contributed by atoms with Crippen LogP contribution in [0.1, 0.15) is 22.2 Å². The molecule has 2 aromatic carbocycles. The van der Waals surface area contributed by atoms with Crippen LogP contribution in [0.2, 0.25) is 0 Å². The fourth-order valence-corrected chi connectivity index (χ4v) is 3.60. The number of hydrogen-bond acceptors (Lipinski definition) is 2.